The van der Waals surface area contributed by atoms with Crippen molar-refractivity contribution in [2.24, 2.45) is 0 Å². The molecule has 1 heterocycles. The Morgan fingerprint density at radius 3 is 2.33 bits per heavy atom. The number of aromatic nitrogens is 2. The van der Waals surface area contributed by atoms with Crippen molar-refractivity contribution in [2.75, 3.05) is 6.61 Å². The Morgan fingerprint density at radius 2 is 1.63 bits per heavy atom. The molecule has 5 heteroatoms. The van der Waals surface area contributed by atoms with E-state index in [0.29, 0.717) is 23.3 Å². The molecule has 4 aromatic rings. The molecule has 0 amide bonds. The van der Waals surface area contributed by atoms with Gasteiger partial charge in [0.15, 0.2) is 0 Å². The zero-order chi connectivity index (χ0) is 21.1. The largest absolute Gasteiger partial charge is 0.372 e. The van der Waals surface area contributed by atoms with E-state index in [0.717, 1.165) is 11.3 Å². The second-order valence-electron chi connectivity index (χ2n) is 7.15. The summed E-state index contributed by atoms with van der Waals surface area (Å²) in [5.74, 6) is 0.615. The fraction of sp³-hybridized carbons (Fsp3) is 0.200. The summed E-state index contributed by atoms with van der Waals surface area (Å²) in [6.07, 6.45) is -0.293. The zero-order valence-corrected chi connectivity index (χ0v) is 18.5. The normalized spacial score (nSPS) is 13.3. The Kier molecular flexibility index (Phi) is 6.11. The van der Waals surface area contributed by atoms with Crippen LogP contribution in [0.15, 0.2) is 83.7 Å². The molecule has 0 fully saturated rings. The van der Waals surface area contributed by atoms with Gasteiger partial charge < -0.3 is 4.74 Å². The number of hydrogen-bond acceptors (Lipinski definition) is 3. The summed E-state index contributed by atoms with van der Waals surface area (Å²) in [5.41, 5.74) is 3.58. The van der Waals surface area contributed by atoms with Crippen LogP contribution in [0.4, 0.5) is 0 Å². The highest BCUT2D eigenvalue weighted by molar-refractivity contribution is 9.09. The smallest absolute Gasteiger partial charge is 0.265 e. The van der Waals surface area contributed by atoms with E-state index in [1.807, 2.05) is 61.5 Å². The van der Waals surface area contributed by atoms with Crippen LogP contribution >= 0.6 is 15.9 Å². The lowest BCUT2D eigenvalue weighted by atomic mass is 10.0. The highest BCUT2D eigenvalue weighted by atomic mass is 79.9. The van der Waals surface area contributed by atoms with E-state index in [1.54, 1.807) is 4.57 Å². The average molecular weight is 463 g/mol. The van der Waals surface area contributed by atoms with E-state index in [2.05, 4.69) is 47.1 Å². The third kappa shape index (κ3) is 3.95. The van der Waals surface area contributed by atoms with E-state index in [9.17, 15) is 4.79 Å². The van der Waals surface area contributed by atoms with Gasteiger partial charge in [-0.1, -0.05) is 76.1 Å². The maximum Gasteiger partial charge on any atom is 0.265 e. The average Bonchev–Trinajstić information content (AvgIpc) is 2.78. The molecule has 0 bridgehead atoms. The van der Waals surface area contributed by atoms with Crippen molar-refractivity contribution in [3.63, 3.8) is 0 Å². The van der Waals surface area contributed by atoms with E-state index in [4.69, 9.17) is 9.72 Å². The molecule has 0 saturated heterocycles. The van der Waals surface area contributed by atoms with Crippen molar-refractivity contribution in [2.45, 2.75) is 24.8 Å². The second-order valence-corrected chi connectivity index (χ2v) is 8.14. The molecule has 0 spiro atoms. The topological polar surface area (TPSA) is 44.1 Å². The molecule has 3 aromatic carbocycles. The van der Waals surface area contributed by atoms with Gasteiger partial charge in [-0.2, -0.15) is 0 Å². The number of hydrogen-bond donors (Lipinski definition) is 0. The van der Waals surface area contributed by atoms with Crippen LogP contribution in [0.5, 0.6) is 0 Å². The van der Waals surface area contributed by atoms with E-state index >= 15 is 0 Å². The molecule has 4 rings (SSSR count). The number of para-hydroxylation sites is 2. The Labute approximate surface area is 184 Å². The molecule has 152 valence electrons. The summed E-state index contributed by atoms with van der Waals surface area (Å²) >= 11 is 3.83. The number of halogens is 1. The molecular formula is C25H23BrN2O2. The van der Waals surface area contributed by atoms with Crippen LogP contribution in [0, 0.1) is 6.92 Å². The number of ether oxygens (including phenoxy) is 1. The molecular weight excluding hydrogens is 440 g/mol. The summed E-state index contributed by atoms with van der Waals surface area (Å²) < 4.78 is 7.81. The number of benzene rings is 3. The second kappa shape index (κ2) is 8.94. The lowest BCUT2D eigenvalue weighted by Gasteiger charge is -2.25. The van der Waals surface area contributed by atoms with Gasteiger partial charge in [0.05, 0.1) is 16.6 Å². The van der Waals surface area contributed by atoms with Gasteiger partial charge in [-0.05, 0) is 43.7 Å². The lowest BCUT2D eigenvalue weighted by molar-refractivity contribution is 0.0601. The minimum atomic E-state index is -0.322. The zero-order valence-electron chi connectivity index (χ0n) is 17.0. The monoisotopic (exact) mass is 462 g/mol. The van der Waals surface area contributed by atoms with Crippen LogP contribution in [-0.4, -0.2) is 16.2 Å². The first-order chi connectivity index (χ1) is 14.6. The number of nitrogens with zero attached hydrogens (tertiary/aromatic N) is 2. The number of alkyl halides is 1. The van der Waals surface area contributed by atoms with Crippen LogP contribution in [0.1, 0.15) is 34.8 Å². The van der Waals surface area contributed by atoms with Gasteiger partial charge >= 0.3 is 0 Å². The first-order valence-electron chi connectivity index (χ1n) is 9.99. The molecule has 30 heavy (non-hydrogen) atoms. The van der Waals surface area contributed by atoms with E-state index in [-0.39, 0.29) is 16.5 Å². The van der Waals surface area contributed by atoms with Crippen molar-refractivity contribution < 1.29 is 4.74 Å². The minimum Gasteiger partial charge on any atom is -0.372 e. The third-order valence-corrected chi connectivity index (χ3v) is 5.97. The van der Waals surface area contributed by atoms with Crippen LogP contribution < -0.4 is 5.56 Å². The van der Waals surface area contributed by atoms with Crippen LogP contribution in [-0.2, 0) is 4.74 Å². The van der Waals surface area contributed by atoms with Gasteiger partial charge in [0, 0.05) is 6.61 Å². The first-order valence-corrected chi connectivity index (χ1v) is 10.9. The molecule has 0 aliphatic heterocycles. The molecule has 2 unspecified atom stereocenters. The van der Waals surface area contributed by atoms with Crippen molar-refractivity contribution in [1.82, 2.24) is 9.55 Å². The lowest BCUT2D eigenvalue weighted by Crippen LogP contribution is -2.26. The maximum atomic E-state index is 13.5. The van der Waals surface area contributed by atoms with Gasteiger partial charge in [-0.3, -0.25) is 9.36 Å². The number of aryl methyl sites for hydroxylation is 1. The van der Waals surface area contributed by atoms with Crippen LogP contribution in [0.2, 0.25) is 0 Å². The van der Waals surface area contributed by atoms with Crippen molar-refractivity contribution in [3.05, 3.63) is 106 Å². The fourth-order valence-corrected chi connectivity index (χ4v) is 4.35. The Morgan fingerprint density at radius 1 is 0.967 bits per heavy atom. The highest BCUT2D eigenvalue weighted by Gasteiger charge is 2.28. The van der Waals surface area contributed by atoms with Gasteiger partial charge in [0.1, 0.15) is 16.8 Å². The van der Waals surface area contributed by atoms with E-state index < -0.39 is 0 Å². The number of fused-ring (bicyclic) bond motifs is 1. The first kappa shape index (κ1) is 20.5. The summed E-state index contributed by atoms with van der Waals surface area (Å²) in [6.45, 7) is 4.58. The van der Waals surface area contributed by atoms with Gasteiger partial charge in [0.2, 0.25) is 0 Å². The van der Waals surface area contributed by atoms with Crippen molar-refractivity contribution in [3.8, 4) is 5.69 Å². The third-order valence-electron chi connectivity index (χ3n) is 5.08. The highest BCUT2D eigenvalue weighted by Crippen LogP contribution is 2.39. The summed E-state index contributed by atoms with van der Waals surface area (Å²) in [6, 6.07) is 25.3. The van der Waals surface area contributed by atoms with Gasteiger partial charge in [0.25, 0.3) is 5.56 Å². The standard InChI is InChI=1S/C25H23BrN2O2/c1-3-30-23(18-15-13-17(2)14-16-18)22(26)24-27-21-12-8-7-11-20(21)25(29)28(24)19-9-5-4-6-10-19/h4-16,22-23H,3H2,1-2H3. The van der Waals surface area contributed by atoms with Gasteiger partial charge in [-0.25, -0.2) is 4.98 Å². The molecule has 0 radical (unpaired) electrons. The molecule has 0 saturated carbocycles. The number of rotatable bonds is 6. The SMILES string of the molecule is CCOC(c1ccc(C)cc1)C(Br)c1nc2ccccc2c(=O)n1-c1ccccc1. The summed E-state index contributed by atoms with van der Waals surface area (Å²) in [7, 11) is 0. The molecule has 0 N–H and O–H groups in total. The minimum absolute atomic E-state index is 0.0922. The van der Waals surface area contributed by atoms with E-state index in [1.165, 1.54) is 5.56 Å². The summed E-state index contributed by atoms with van der Waals surface area (Å²) in [4.78, 5) is 18.1. The fourth-order valence-electron chi connectivity index (χ4n) is 3.58. The van der Waals surface area contributed by atoms with Crippen molar-refractivity contribution in [1.29, 1.82) is 0 Å². The Balaban J connectivity index is 1.93. The molecule has 2 atom stereocenters. The Bertz CT molecular complexity index is 1200. The molecule has 4 nitrogen and oxygen atoms in total. The maximum absolute atomic E-state index is 13.5. The van der Waals surface area contributed by atoms with Crippen LogP contribution in [0.25, 0.3) is 16.6 Å². The molecule has 1 aromatic heterocycles. The predicted molar refractivity (Wildman–Crippen MR) is 125 cm³/mol. The molecule has 0 aliphatic rings. The van der Waals surface area contributed by atoms with Crippen LogP contribution in [0.3, 0.4) is 0 Å². The van der Waals surface area contributed by atoms with Crippen molar-refractivity contribution >= 4 is 26.8 Å². The van der Waals surface area contributed by atoms with Gasteiger partial charge in [-0.15, -0.1) is 0 Å². The summed E-state index contributed by atoms with van der Waals surface area (Å²) in [5, 5.41) is 0.591. The quantitative estimate of drug-likeness (QED) is 0.334. The Hall–Kier alpha value is -2.76. The predicted octanol–water partition coefficient (Wildman–Crippen LogP) is 5.91. The molecule has 0 aliphatic carbocycles.